The van der Waals surface area contributed by atoms with E-state index in [2.05, 4.69) is 4.98 Å². The van der Waals surface area contributed by atoms with Crippen molar-refractivity contribution in [2.24, 2.45) is 0 Å². The largest absolute Gasteiger partial charge is 0.462 e. The second-order valence-electron chi connectivity index (χ2n) is 4.50. The van der Waals surface area contributed by atoms with Gasteiger partial charge in [-0.25, -0.2) is 4.98 Å². The first-order chi connectivity index (χ1) is 9.97. The third-order valence-corrected chi connectivity index (χ3v) is 2.87. The number of imidazole rings is 1. The van der Waals surface area contributed by atoms with Gasteiger partial charge in [-0.15, -0.1) is 0 Å². The molecule has 2 rings (SSSR count). The van der Waals surface area contributed by atoms with Gasteiger partial charge in [-0.05, 0) is 25.1 Å². The number of likely N-dealkylation sites (N-methyl/N-ethyl adjacent to an activating group) is 1. The third kappa shape index (κ3) is 3.77. The summed E-state index contributed by atoms with van der Waals surface area (Å²) in [4.78, 5) is 17.0. The van der Waals surface area contributed by atoms with Crippen LogP contribution in [0.5, 0.6) is 0 Å². The third-order valence-electron chi connectivity index (χ3n) is 2.87. The molecule has 0 unspecified atom stereocenters. The first kappa shape index (κ1) is 15.0. The Morgan fingerprint density at radius 1 is 1.52 bits per heavy atom. The Labute approximate surface area is 120 Å². The predicted octanol–water partition coefficient (Wildman–Crippen LogP) is 2.85. The van der Waals surface area contributed by atoms with Gasteiger partial charge in [0.2, 0.25) is 5.91 Å². The Bertz CT molecular complexity index is 646. The summed E-state index contributed by atoms with van der Waals surface area (Å²) in [5.74, 6) is 1.11. The van der Waals surface area contributed by atoms with Crippen LogP contribution < -0.4 is 0 Å². The molecule has 0 aliphatic heterocycles. The van der Waals surface area contributed by atoms with Gasteiger partial charge in [-0.2, -0.15) is 8.78 Å². The molecule has 0 aliphatic carbocycles. The maximum Gasteiger partial charge on any atom is 0.319 e. The Hall–Kier alpha value is -2.44. The number of nitrogens with zero attached hydrogens (tertiary/aromatic N) is 3. The van der Waals surface area contributed by atoms with Crippen LogP contribution in [0, 0.1) is 6.92 Å². The average Bonchev–Trinajstić information content (AvgIpc) is 3.04. The fourth-order valence-electron chi connectivity index (χ4n) is 1.76. The zero-order chi connectivity index (χ0) is 15.4. The molecule has 0 saturated carbocycles. The van der Waals surface area contributed by atoms with Crippen LogP contribution in [-0.4, -0.2) is 27.4 Å². The number of amides is 1. The van der Waals surface area contributed by atoms with Crippen molar-refractivity contribution in [1.29, 1.82) is 0 Å². The van der Waals surface area contributed by atoms with Gasteiger partial charge < -0.3 is 9.32 Å². The van der Waals surface area contributed by atoms with E-state index in [4.69, 9.17) is 4.42 Å². The van der Waals surface area contributed by atoms with E-state index in [1.54, 1.807) is 19.1 Å². The van der Waals surface area contributed by atoms with Crippen LogP contribution in [-0.2, 0) is 11.3 Å². The highest BCUT2D eigenvalue weighted by Gasteiger charge is 2.14. The molecule has 112 valence electrons. The smallest absolute Gasteiger partial charge is 0.319 e. The van der Waals surface area contributed by atoms with E-state index in [0.717, 1.165) is 10.3 Å². The topological polar surface area (TPSA) is 51.3 Å². The molecule has 0 atom stereocenters. The molecule has 0 bridgehead atoms. The first-order valence-electron chi connectivity index (χ1n) is 6.27. The number of aryl methyl sites for hydroxylation is 1. The van der Waals surface area contributed by atoms with E-state index in [1.807, 2.05) is 0 Å². The van der Waals surface area contributed by atoms with Gasteiger partial charge in [0.1, 0.15) is 17.3 Å². The fraction of sp³-hybridized carbons (Fsp3) is 0.286. The normalized spacial score (nSPS) is 11.5. The maximum atomic E-state index is 12.7. The molecular formula is C14H15F2N3O2. The predicted molar refractivity (Wildman–Crippen MR) is 72.4 cm³/mol. The van der Waals surface area contributed by atoms with Crippen LogP contribution in [0.15, 0.2) is 35.0 Å². The number of hydrogen-bond donors (Lipinski definition) is 0. The SMILES string of the molecule is Cc1ccc(/C=C/C(=O)N(C)Cc2nccn2C(F)F)o1. The summed E-state index contributed by atoms with van der Waals surface area (Å²) in [6, 6.07) is 3.52. The van der Waals surface area contributed by atoms with Crippen LogP contribution in [0.2, 0.25) is 0 Å². The summed E-state index contributed by atoms with van der Waals surface area (Å²) in [6.07, 6.45) is 5.32. The van der Waals surface area contributed by atoms with E-state index in [1.165, 1.54) is 36.5 Å². The zero-order valence-corrected chi connectivity index (χ0v) is 11.7. The highest BCUT2D eigenvalue weighted by atomic mass is 19.3. The van der Waals surface area contributed by atoms with Crippen molar-refractivity contribution in [2.45, 2.75) is 20.0 Å². The minimum Gasteiger partial charge on any atom is -0.462 e. The molecule has 1 amide bonds. The molecular weight excluding hydrogens is 280 g/mol. The highest BCUT2D eigenvalue weighted by Crippen LogP contribution is 2.14. The summed E-state index contributed by atoms with van der Waals surface area (Å²) in [5.41, 5.74) is 0. The lowest BCUT2D eigenvalue weighted by Crippen LogP contribution is -2.26. The fourth-order valence-corrected chi connectivity index (χ4v) is 1.76. The molecule has 0 saturated heterocycles. The van der Waals surface area contributed by atoms with Gasteiger partial charge in [0.05, 0.1) is 6.54 Å². The van der Waals surface area contributed by atoms with E-state index >= 15 is 0 Å². The number of carbonyl (C=O) groups excluding carboxylic acids is 1. The lowest BCUT2D eigenvalue weighted by molar-refractivity contribution is -0.125. The van der Waals surface area contributed by atoms with Gasteiger partial charge >= 0.3 is 6.55 Å². The molecule has 2 heterocycles. The molecule has 7 heteroatoms. The minimum absolute atomic E-state index is 0.00229. The Morgan fingerprint density at radius 2 is 2.29 bits per heavy atom. The number of hydrogen-bond acceptors (Lipinski definition) is 3. The van der Waals surface area contributed by atoms with Crippen molar-refractivity contribution >= 4 is 12.0 Å². The highest BCUT2D eigenvalue weighted by molar-refractivity contribution is 5.91. The van der Waals surface area contributed by atoms with Crippen molar-refractivity contribution in [3.8, 4) is 0 Å². The zero-order valence-electron chi connectivity index (χ0n) is 11.7. The van der Waals surface area contributed by atoms with Crippen LogP contribution >= 0.6 is 0 Å². The minimum atomic E-state index is -2.67. The van der Waals surface area contributed by atoms with Gasteiger partial charge in [-0.3, -0.25) is 9.36 Å². The average molecular weight is 295 g/mol. The quantitative estimate of drug-likeness (QED) is 0.797. The number of alkyl halides is 2. The van der Waals surface area contributed by atoms with Crippen LogP contribution in [0.4, 0.5) is 8.78 Å². The second kappa shape index (κ2) is 6.34. The number of furan rings is 1. The van der Waals surface area contributed by atoms with Crippen LogP contribution in [0.3, 0.4) is 0 Å². The molecule has 5 nitrogen and oxygen atoms in total. The molecule has 0 N–H and O–H groups in total. The van der Waals surface area contributed by atoms with E-state index < -0.39 is 6.55 Å². The molecule has 0 spiro atoms. The lowest BCUT2D eigenvalue weighted by atomic mass is 10.3. The Balaban J connectivity index is 1.99. The van der Waals surface area contributed by atoms with E-state index in [9.17, 15) is 13.6 Å². The molecule has 21 heavy (non-hydrogen) atoms. The van der Waals surface area contributed by atoms with Crippen LogP contribution in [0.1, 0.15) is 23.9 Å². The number of carbonyl (C=O) groups is 1. The van der Waals surface area contributed by atoms with Crippen molar-refractivity contribution in [2.75, 3.05) is 7.05 Å². The van der Waals surface area contributed by atoms with Crippen molar-refractivity contribution in [3.05, 3.63) is 47.9 Å². The standard InChI is InChI=1S/C14H15F2N3O2/c1-10-3-4-11(21-10)5-6-13(20)18(2)9-12-17-7-8-19(12)14(15)16/h3-8,14H,9H2,1-2H3/b6-5+. The first-order valence-corrected chi connectivity index (χ1v) is 6.27. The van der Waals surface area contributed by atoms with E-state index in [-0.39, 0.29) is 18.3 Å². The summed E-state index contributed by atoms with van der Waals surface area (Å²) < 4.78 is 31.4. The molecule has 0 radical (unpaired) electrons. The van der Waals surface area contributed by atoms with Crippen molar-refractivity contribution in [3.63, 3.8) is 0 Å². The maximum absolute atomic E-state index is 12.7. The second-order valence-corrected chi connectivity index (χ2v) is 4.50. The Morgan fingerprint density at radius 3 is 2.90 bits per heavy atom. The molecule has 0 aliphatic rings. The summed E-state index contributed by atoms with van der Waals surface area (Å²) in [7, 11) is 1.52. The summed E-state index contributed by atoms with van der Waals surface area (Å²) >= 11 is 0. The van der Waals surface area contributed by atoms with Gasteiger partial charge in [0.25, 0.3) is 0 Å². The number of aromatic nitrogens is 2. The summed E-state index contributed by atoms with van der Waals surface area (Å²) in [6.45, 7) is -0.875. The molecule has 2 aromatic heterocycles. The van der Waals surface area contributed by atoms with Gasteiger partial charge in [-0.1, -0.05) is 0 Å². The monoisotopic (exact) mass is 295 g/mol. The van der Waals surface area contributed by atoms with Gasteiger partial charge in [0.15, 0.2) is 0 Å². The van der Waals surface area contributed by atoms with Crippen molar-refractivity contribution < 1.29 is 18.0 Å². The lowest BCUT2D eigenvalue weighted by Gasteiger charge is -2.15. The Kier molecular flexibility index (Phi) is 4.52. The molecule has 0 aromatic carbocycles. The summed E-state index contributed by atoms with van der Waals surface area (Å²) in [5, 5.41) is 0. The number of rotatable bonds is 5. The molecule has 0 fully saturated rings. The van der Waals surface area contributed by atoms with Crippen LogP contribution in [0.25, 0.3) is 6.08 Å². The molecule has 2 aromatic rings. The van der Waals surface area contributed by atoms with Crippen molar-refractivity contribution in [1.82, 2.24) is 14.5 Å². The van der Waals surface area contributed by atoms with Gasteiger partial charge in [0, 0.05) is 25.5 Å². The number of halogens is 2. The van der Waals surface area contributed by atoms with E-state index in [0.29, 0.717) is 5.76 Å².